The predicted molar refractivity (Wildman–Crippen MR) is 93.1 cm³/mol. The maximum absolute atomic E-state index is 13.1. The first-order valence-electron chi connectivity index (χ1n) is 9.69. The van der Waals surface area contributed by atoms with Crippen LogP contribution >= 0.6 is 0 Å². The van der Waals surface area contributed by atoms with Crippen LogP contribution < -0.4 is 0 Å². The molecular formula is C20H20F3N3O2. The van der Waals surface area contributed by atoms with Gasteiger partial charge in [0.1, 0.15) is 0 Å². The molecule has 4 atom stereocenters. The Morgan fingerprint density at radius 1 is 1.00 bits per heavy atom. The molecular weight excluding hydrogens is 371 g/mol. The Kier molecular flexibility index (Phi) is 4.00. The van der Waals surface area contributed by atoms with Crippen LogP contribution in [0.2, 0.25) is 0 Å². The molecule has 4 aliphatic rings. The second kappa shape index (κ2) is 6.32. The summed E-state index contributed by atoms with van der Waals surface area (Å²) in [5.74, 6) is 0.594. The normalized spacial score (nSPS) is 29.2. The molecule has 0 N–H and O–H groups in total. The third-order valence-electron chi connectivity index (χ3n) is 6.43. The molecule has 4 fully saturated rings. The van der Waals surface area contributed by atoms with Crippen LogP contribution in [0.1, 0.15) is 48.4 Å². The lowest BCUT2D eigenvalue weighted by Gasteiger charge is -2.39. The smallest absolute Gasteiger partial charge is 0.335 e. The molecule has 2 unspecified atom stereocenters. The quantitative estimate of drug-likeness (QED) is 0.761. The van der Waals surface area contributed by atoms with Crippen molar-refractivity contribution in [3.05, 3.63) is 35.7 Å². The number of nitrogens with zero attached hydrogens (tertiary/aromatic N) is 3. The van der Waals surface area contributed by atoms with E-state index >= 15 is 0 Å². The second-order valence-corrected chi connectivity index (χ2v) is 8.39. The Hall–Kier alpha value is -2.38. The SMILES string of the molecule is O=C(c1ccc(-c2noc(C(F)(F)F)n2)cc1)N1CC2C[C@@H]3CC1C[C@H](C2)C3. The summed E-state index contributed by atoms with van der Waals surface area (Å²) in [6.07, 6.45) is 1.30. The van der Waals surface area contributed by atoms with E-state index in [1.807, 2.05) is 4.90 Å². The number of benzene rings is 1. The number of hydrogen-bond acceptors (Lipinski definition) is 4. The first kappa shape index (κ1) is 17.7. The molecule has 2 saturated carbocycles. The minimum absolute atomic E-state index is 0.00819. The van der Waals surface area contributed by atoms with Crippen molar-refractivity contribution in [3.8, 4) is 11.4 Å². The van der Waals surface area contributed by atoms with Crippen molar-refractivity contribution >= 4 is 5.91 Å². The Morgan fingerprint density at radius 2 is 1.64 bits per heavy atom. The molecule has 0 radical (unpaired) electrons. The van der Waals surface area contributed by atoms with Crippen molar-refractivity contribution in [2.45, 2.75) is 44.3 Å². The molecule has 8 heteroatoms. The van der Waals surface area contributed by atoms with E-state index < -0.39 is 12.1 Å². The molecule has 148 valence electrons. The van der Waals surface area contributed by atoms with Gasteiger partial charge in [0.25, 0.3) is 5.91 Å². The van der Waals surface area contributed by atoms with Crippen molar-refractivity contribution in [3.63, 3.8) is 0 Å². The molecule has 1 amide bonds. The highest BCUT2D eigenvalue weighted by Gasteiger charge is 2.44. The van der Waals surface area contributed by atoms with Gasteiger partial charge < -0.3 is 9.42 Å². The predicted octanol–water partition coefficient (Wildman–Crippen LogP) is 4.41. The number of amides is 1. The molecule has 5 nitrogen and oxygen atoms in total. The van der Waals surface area contributed by atoms with Crippen molar-refractivity contribution < 1.29 is 22.5 Å². The first-order chi connectivity index (χ1) is 13.4. The van der Waals surface area contributed by atoms with Gasteiger partial charge in [-0.2, -0.15) is 18.2 Å². The zero-order valence-electron chi connectivity index (χ0n) is 15.2. The molecule has 0 spiro atoms. The molecule has 1 aromatic heterocycles. The maximum Gasteiger partial charge on any atom is 0.471 e. The van der Waals surface area contributed by atoms with Crippen molar-refractivity contribution in [2.24, 2.45) is 17.8 Å². The summed E-state index contributed by atoms with van der Waals surface area (Å²) < 4.78 is 42.1. The van der Waals surface area contributed by atoms with Gasteiger partial charge in [-0.15, -0.1) is 0 Å². The molecule has 2 saturated heterocycles. The van der Waals surface area contributed by atoms with Crippen molar-refractivity contribution in [1.29, 1.82) is 0 Å². The fourth-order valence-corrected chi connectivity index (χ4v) is 5.42. The van der Waals surface area contributed by atoms with Gasteiger partial charge in [0, 0.05) is 23.7 Å². The summed E-state index contributed by atoms with van der Waals surface area (Å²) in [5, 5.41) is 3.38. The lowest BCUT2D eigenvalue weighted by atomic mass is 9.68. The van der Waals surface area contributed by atoms with Crippen LogP contribution in [-0.4, -0.2) is 33.5 Å². The number of carbonyl (C=O) groups excluding carboxylic acids is 1. The average Bonchev–Trinajstić information content (AvgIpc) is 3.08. The van der Waals surface area contributed by atoms with Crippen LogP contribution in [0.4, 0.5) is 13.2 Å². The van der Waals surface area contributed by atoms with E-state index in [4.69, 9.17) is 0 Å². The van der Waals surface area contributed by atoms with Gasteiger partial charge in [0.05, 0.1) is 0 Å². The Bertz CT molecular complexity index is 879. The number of fused-ring (bicyclic) bond motifs is 1. The summed E-state index contributed by atoms with van der Waals surface area (Å²) in [6, 6.07) is 6.72. The van der Waals surface area contributed by atoms with Crippen LogP contribution in [-0.2, 0) is 6.18 Å². The second-order valence-electron chi connectivity index (χ2n) is 8.39. The molecule has 28 heavy (non-hydrogen) atoms. The fraction of sp³-hybridized carbons (Fsp3) is 0.550. The third-order valence-corrected chi connectivity index (χ3v) is 6.43. The Morgan fingerprint density at radius 3 is 2.25 bits per heavy atom. The Balaban J connectivity index is 1.36. The van der Waals surface area contributed by atoms with Gasteiger partial charge in [-0.1, -0.05) is 17.3 Å². The van der Waals surface area contributed by atoms with E-state index in [1.54, 1.807) is 24.3 Å². The van der Waals surface area contributed by atoms with Crippen LogP contribution in [0.15, 0.2) is 28.8 Å². The number of rotatable bonds is 2. The van der Waals surface area contributed by atoms with Crippen LogP contribution in [0.3, 0.4) is 0 Å². The zero-order chi connectivity index (χ0) is 19.5. The molecule has 1 aromatic carbocycles. The monoisotopic (exact) mass is 391 g/mol. The van der Waals surface area contributed by atoms with Gasteiger partial charge in [-0.05, 0) is 62.0 Å². The highest BCUT2D eigenvalue weighted by Crippen LogP contribution is 2.47. The van der Waals surface area contributed by atoms with Crippen molar-refractivity contribution in [1.82, 2.24) is 15.0 Å². The highest BCUT2D eigenvalue weighted by molar-refractivity contribution is 5.95. The van der Waals surface area contributed by atoms with Crippen LogP contribution in [0, 0.1) is 17.8 Å². The van der Waals surface area contributed by atoms with Crippen molar-refractivity contribution in [2.75, 3.05) is 6.54 Å². The maximum atomic E-state index is 13.1. The minimum atomic E-state index is -4.67. The number of aromatic nitrogens is 2. The van der Waals surface area contributed by atoms with Gasteiger partial charge in [0.2, 0.25) is 5.82 Å². The summed E-state index contributed by atoms with van der Waals surface area (Å²) in [6.45, 7) is 0.817. The van der Waals surface area contributed by atoms with E-state index in [-0.39, 0.29) is 11.7 Å². The summed E-state index contributed by atoms with van der Waals surface area (Å²) in [4.78, 5) is 18.6. The number of halogens is 3. The first-order valence-corrected chi connectivity index (χ1v) is 9.69. The Labute approximate surface area is 159 Å². The van der Waals surface area contributed by atoms with E-state index in [2.05, 4.69) is 14.7 Å². The molecule has 2 aliphatic carbocycles. The average molecular weight is 391 g/mol. The lowest BCUT2D eigenvalue weighted by Crippen LogP contribution is -2.42. The number of alkyl halides is 3. The van der Waals surface area contributed by atoms with E-state index in [0.717, 1.165) is 31.2 Å². The van der Waals surface area contributed by atoms with Gasteiger partial charge >= 0.3 is 12.1 Å². The fourth-order valence-electron chi connectivity index (χ4n) is 5.42. The molecule has 3 heterocycles. The summed E-state index contributed by atoms with van der Waals surface area (Å²) in [5.41, 5.74) is 0.927. The topological polar surface area (TPSA) is 59.2 Å². The standard InChI is InChI=1S/C20H20F3N3O2/c21-20(22,23)19-24-17(25-28-19)14-1-3-15(4-2-14)18(27)26-10-13-6-11-5-12(7-13)9-16(26)8-11/h1-4,11-13,16H,5-10H2/t11-,12+,13?,16?. The van der Waals surface area contributed by atoms with E-state index in [0.29, 0.717) is 23.1 Å². The molecule has 2 aliphatic heterocycles. The van der Waals surface area contributed by atoms with Gasteiger partial charge in [-0.3, -0.25) is 4.79 Å². The summed E-state index contributed by atoms with van der Waals surface area (Å²) in [7, 11) is 0. The van der Waals surface area contributed by atoms with Crippen LogP contribution in [0.5, 0.6) is 0 Å². The summed E-state index contributed by atoms with van der Waals surface area (Å²) >= 11 is 0. The third kappa shape index (κ3) is 3.08. The molecule has 4 bridgehead atoms. The highest BCUT2D eigenvalue weighted by atomic mass is 19.4. The molecule has 2 aromatic rings. The van der Waals surface area contributed by atoms with Gasteiger partial charge in [0.15, 0.2) is 0 Å². The zero-order valence-corrected chi connectivity index (χ0v) is 15.2. The largest absolute Gasteiger partial charge is 0.471 e. The lowest BCUT2D eigenvalue weighted by molar-refractivity contribution is -0.159. The minimum Gasteiger partial charge on any atom is -0.335 e. The van der Waals surface area contributed by atoms with E-state index in [9.17, 15) is 18.0 Å². The number of carbonyl (C=O) groups is 1. The number of hydrogen-bond donors (Lipinski definition) is 0. The van der Waals surface area contributed by atoms with Crippen LogP contribution in [0.25, 0.3) is 11.4 Å². The van der Waals surface area contributed by atoms with E-state index in [1.165, 1.54) is 19.3 Å². The molecule has 6 rings (SSSR count). The van der Waals surface area contributed by atoms with Gasteiger partial charge in [-0.25, -0.2) is 0 Å².